The molecule has 2 N–H and O–H groups in total. The summed E-state index contributed by atoms with van der Waals surface area (Å²) >= 11 is 0. The molecule has 17 heavy (non-hydrogen) atoms. The fourth-order valence-corrected chi connectivity index (χ4v) is 5.46. The predicted molar refractivity (Wildman–Crippen MR) is 69.9 cm³/mol. The summed E-state index contributed by atoms with van der Waals surface area (Å²) in [7, 11) is 0. The lowest BCUT2D eigenvalue weighted by Crippen LogP contribution is -2.58. The van der Waals surface area contributed by atoms with Crippen LogP contribution in [0.25, 0.3) is 0 Å². The molecule has 0 spiro atoms. The molecule has 0 aromatic carbocycles. The van der Waals surface area contributed by atoms with Gasteiger partial charge in [0.1, 0.15) is 0 Å². The van der Waals surface area contributed by atoms with E-state index in [4.69, 9.17) is 0 Å². The van der Waals surface area contributed by atoms with Crippen molar-refractivity contribution in [2.24, 2.45) is 23.7 Å². The molecule has 1 unspecified atom stereocenters. The molecule has 2 nitrogen and oxygen atoms in total. The molecule has 4 aliphatic carbocycles. The predicted octanol–water partition coefficient (Wildman–Crippen LogP) is 2.15. The van der Waals surface area contributed by atoms with E-state index in [1.807, 2.05) is 0 Å². The number of hydrogen-bond donors (Lipinski definition) is 2. The van der Waals surface area contributed by atoms with Crippen molar-refractivity contribution in [3.8, 4) is 0 Å². The maximum absolute atomic E-state index is 4.04. The maximum atomic E-state index is 4.04. The molecule has 2 heteroatoms. The van der Waals surface area contributed by atoms with Gasteiger partial charge in [-0.1, -0.05) is 0 Å². The molecule has 4 bridgehead atoms. The van der Waals surface area contributed by atoms with Gasteiger partial charge in [-0.15, -0.1) is 0 Å². The molecule has 1 heterocycles. The lowest BCUT2D eigenvalue weighted by molar-refractivity contribution is -0.0185. The second kappa shape index (κ2) is 4.24. The van der Waals surface area contributed by atoms with Crippen molar-refractivity contribution in [3.05, 3.63) is 0 Å². The van der Waals surface area contributed by atoms with Crippen LogP contribution in [0.15, 0.2) is 0 Å². The molecule has 1 aliphatic heterocycles. The van der Waals surface area contributed by atoms with E-state index in [1.54, 1.807) is 32.1 Å². The summed E-state index contributed by atoms with van der Waals surface area (Å²) in [6.07, 6.45) is 10.5. The molecule has 5 aliphatic rings. The van der Waals surface area contributed by atoms with E-state index in [0.29, 0.717) is 0 Å². The van der Waals surface area contributed by atoms with Gasteiger partial charge in [-0.2, -0.15) is 0 Å². The molecular formula is C15H26N2. The van der Waals surface area contributed by atoms with Crippen LogP contribution >= 0.6 is 0 Å². The molecule has 0 aromatic rings. The van der Waals surface area contributed by atoms with Gasteiger partial charge in [-0.25, -0.2) is 0 Å². The van der Waals surface area contributed by atoms with Gasteiger partial charge >= 0.3 is 0 Å². The van der Waals surface area contributed by atoms with Gasteiger partial charge in [0.05, 0.1) is 0 Å². The van der Waals surface area contributed by atoms with E-state index < -0.39 is 0 Å². The fourth-order valence-electron chi connectivity index (χ4n) is 5.46. The van der Waals surface area contributed by atoms with Crippen LogP contribution in [0.5, 0.6) is 0 Å². The van der Waals surface area contributed by atoms with Crippen LogP contribution in [-0.2, 0) is 0 Å². The SMILES string of the molecule is C1CNCC(NC2C3CC4CC(C3)CC2C4)C1. The maximum Gasteiger partial charge on any atom is 0.0195 e. The number of piperidine rings is 1. The third-order valence-corrected chi connectivity index (χ3v) is 5.95. The quantitative estimate of drug-likeness (QED) is 0.765. The van der Waals surface area contributed by atoms with Crippen LogP contribution in [0.3, 0.4) is 0 Å². The number of nitrogens with one attached hydrogen (secondary N) is 2. The first-order valence-electron chi connectivity index (χ1n) is 7.85. The summed E-state index contributed by atoms with van der Waals surface area (Å²) in [6, 6.07) is 1.65. The average molecular weight is 234 g/mol. The minimum absolute atomic E-state index is 0.770. The summed E-state index contributed by atoms with van der Waals surface area (Å²) in [5.74, 6) is 4.29. The number of hydrogen-bond acceptors (Lipinski definition) is 2. The Morgan fingerprint density at radius 2 is 1.59 bits per heavy atom. The zero-order valence-corrected chi connectivity index (χ0v) is 10.8. The highest BCUT2D eigenvalue weighted by molar-refractivity contribution is 5.02. The van der Waals surface area contributed by atoms with Gasteiger partial charge < -0.3 is 10.6 Å². The lowest BCUT2D eigenvalue weighted by atomic mass is 9.54. The van der Waals surface area contributed by atoms with Crippen LogP contribution in [0, 0.1) is 23.7 Å². The Labute approximate surface area is 105 Å². The van der Waals surface area contributed by atoms with Crippen molar-refractivity contribution in [2.75, 3.05) is 13.1 Å². The molecule has 0 amide bonds. The van der Waals surface area contributed by atoms with Crippen LogP contribution in [0.4, 0.5) is 0 Å². The molecule has 4 saturated carbocycles. The third kappa shape index (κ3) is 1.94. The topological polar surface area (TPSA) is 24.1 Å². The Bertz CT molecular complexity index is 255. The first kappa shape index (κ1) is 10.8. The second-order valence-corrected chi connectivity index (χ2v) is 7.17. The molecule has 1 saturated heterocycles. The Kier molecular flexibility index (Phi) is 2.69. The van der Waals surface area contributed by atoms with Crippen LogP contribution < -0.4 is 10.6 Å². The highest BCUT2D eigenvalue weighted by atomic mass is 15.0. The van der Waals surface area contributed by atoms with Crippen LogP contribution in [0.2, 0.25) is 0 Å². The minimum atomic E-state index is 0.770. The van der Waals surface area contributed by atoms with Gasteiger partial charge in [-0.05, 0) is 75.2 Å². The van der Waals surface area contributed by atoms with Gasteiger partial charge in [-0.3, -0.25) is 0 Å². The molecule has 5 rings (SSSR count). The Morgan fingerprint density at radius 1 is 0.882 bits per heavy atom. The summed E-state index contributed by atoms with van der Waals surface area (Å²) in [4.78, 5) is 0. The summed E-state index contributed by atoms with van der Waals surface area (Å²) in [5.41, 5.74) is 0. The smallest absolute Gasteiger partial charge is 0.0195 e. The Hall–Kier alpha value is -0.0800. The van der Waals surface area contributed by atoms with Crippen molar-refractivity contribution >= 4 is 0 Å². The fraction of sp³-hybridized carbons (Fsp3) is 1.00. The molecule has 0 radical (unpaired) electrons. The van der Waals surface area contributed by atoms with E-state index in [2.05, 4.69) is 10.6 Å². The molecule has 1 atom stereocenters. The Morgan fingerprint density at radius 3 is 2.18 bits per heavy atom. The van der Waals surface area contributed by atoms with Gasteiger partial charge in [0, 0.05) is 18.6 Å². The molecular weight excluding hydrogens is 208 g/mol. The van der Waals surface area contributed by atoms with Crippen LogP contribution in [0.1, 0.15) is 44.9 Å². The number of rotatable bonds is 2. The zero-order valence-electron chi connectivity index (χ0n) is 10.8. The monoisotopic (exact) mass is 234 g/mol. The van der Waals surface area contributed by atoms with Crippen molar-refractivity contribution in [2.45, 2.75) is 57.0 Å². The summed E-state index contributed by atoms with van der Waals surface area (Å²) in [6.45, 7) is 2.45. The minimum Gasteiger partial charge on any atom is -0.315 e. The third-order valence-electron chi connectivity index (χ3n) is 5.95. The van der Waals surface area contributed by atoms with Crippen molar-refractivity contribution < 1.29 is 0 Å². The van der Waals surface area contributed by atoms with Crippen molar-refractivity contribution in [1.82, 2.24) is 10.6 Å². The first-order valence-corrected chi connectivity index (χ1v) is 7.85. The molecule has 0 aromatic heterocycles. The van der Waals surface area contributed by atoms with E-state index >= 15 is 0 Å². The van der Waals surface area contributed by atoms with E-state index in [1.165, 1.54) is 25.9 Å². The lowest BCUT2D eigenvalue weighted by Gasteiger charge is -2.55. The Balaban J connectivity index is 1.43. The highest BCUT2D eigenvalue weighted by Crippen LogP contribution is 2.53. The summed E-state index contributed by atoms with van der Waals surface area (Å²) < 4.78 is 0. The average Bonchev–Trinajstić information content (AvgIpc) is 2.34. The second-order valence-electron chi connectivity index (χ2n) is 7.17. The highest BCUT2D eigenvalue weighted by Gasteiger charge is 2.48. The zero-order chi connectivity index (χ0) is 11.2. The van der Waals surface area contributed by atoms with Gasteiger partial charge in [0.2, 0.25) is 0 Å². The van der Waals surface area contributed by atoms with Crippen LogP contribution in [-0.4, -0.2) is 25.2 Å². The largest absolute Gasteiger partial charge is 0.315 e. The normalized spacial score (nSPS) is 52.9. The van der Waals surface area contributed by atoms with E-state index in [9.17, 15) is 0 Å². The van der Waals surface area contributed by atoms with Gasteiger partial charge in [0.15, 0.2) is 0 Å². The summed E-state index contributed by atoms with van der Waals surface area (Å²) in [5, 5.41) is 7.58. The van der Waals surface area contributed by atoms with E-state index in [-0.39, 0.29) is 0 Å². The first-order chi connectivity index (χ1) is 8.38. The molecule has 5 fully saturated rings. The van der Waals surface area contributed by atoms with Crippen molar-refractivity contribution in [3.63, 3.8) is 0 Å². The standard InChI is InChI=1S/C15H26N2/c1-2-14(9-16-3-1)17-15-12-5-10-4-11(7-12)8-13(15)6-10/h10-17H,1-9H2. The van der Waals surface area contributed by atoms with E-state index in [0.717, 1.165) is 35.8 Å². The van der Waals surface area contributed by atoms with Crippen molar-refractivity contribution in [1.29, 1.82) is 0 Å². The van der Waals surface area contributed by atoms with Gasteiger partial charge in [0.25, 0.3) is 0 Å². The molecule has 96 valence electrons.